The van der Waals surface area contributed by atoms with Crippen LogP contribution in [0.1, 0.15) is 60.4 Å². The maximum atomic E-state index is 13.0. The minimum atomic E-state index is 0.0439. The highest BCUT2D eigenvalue weighted by Gasteiger charge is 2.29. The minimum Gasteiger partial charge on any atom is -0.315 e. The van der Waals surface area contributed by atoms with E-state index in [0.29, 0.717) is 18.8 Å². The third-order valence-electron chi connectivity index (χ3n) is 6.78. The molecule has 0 radical (unpaired) electrons. The zero-order valence-corrected chi connectivity index (χ0v) is 18.8. The van der Waals surface area contributed by atoms with Crippen LogP contribution >= 0.6 is 0 Å². The summed E-state index contributed by atoms with van der Waals surface area (Å²) < 4.78 is 2.24. The van der Waals surface area contributed by atoms with Crippen LogP contribution in [0.25, 0.3) is 10.8 Å². The number of hydrogen-bond donors (Lipinski definition) is 0. The zero-order valence-electron chi connectivity index (χ0n) is 18.8. The van der Waals surface area contributed by atoms with Crippen molar-refractivity contribution >= 4 is 16.6 Å². The smallest absolute Gasteiger partial charge is 0.138 e. The van der Waals surface area contributed by atoms with Crippen LogP contribution in [0.3, 0.4) is 0 Å². The molecule has 0 fully saturated rings. The number of carbonyl (C=O) groups excluding carboxylic acids is 1. The Morgan fingerprint density at radius 1 is 0.969 bits per heavy atom. The zero-order chi connectivity index (χ0) is 22.1. The summed E-state index contributed by atoms with van der Waals surface area (Å²) >= 11 is 0. The largest absolute Gasteiger partial charge is 0.315 e. The molecule has 0 amide bonds. The Bertz CT molecular complexity index is 1240. The van der Waals surface area contributed by atoms with Crippen LogP contribution in [0, 0.1) is 0 Å². The van der Waals surface area contributed by atoms with Crippen molar-refractivity contribution < 1.29 is 4.79 Å². The maximum Gasteiger partial charge on any atom is 0.138 e. The summed E-state index contributed by atoms with van der Waals surface area (Å²) in [6.45, 7) is 5.07. The number of benzene rings is 3. The first-order valence-corrected chi connectivity index (χ1v) is 11.6. The first kappa shape index (κ1) is 20.6. The van der Waals surface area contributed by atoms with Gasteiger partial charge in [-0.3, -0.25) is 4.79 Å². The van der Waals surface area contributed by atoms with Crippen molar-refractivity contribution in [3.8, 4) is 0 Å². The van der Waals surface area contributed by atoms with Crippen LogP contribution in [0.15, 0.2) is 66.7 Å². The molecule has 4 aromatic rings. The summed E-state index contributed by atoms with van der Waals surface area (Å²) in [6, 6.07) is 23.1. The molecule has 0 aliphatic heterocycles. The van der Waals surface area contributed by atoms with Crippen LogP contribution < -0.4 is 0 Å². The van der Waals surface area contributed by atoms with Crippen molar-refractivity contribution in [3.63, 3.8) is 0 Å². The molecule has 1 aromatic heterocycles. The number of carbonyl (C=O) groups is 1. The van der Waals surface area contributed by atoms with Gasteiger partial charge in [-0.2, -0.15) is 0 Å². The summed E-state index contributed by atoms with van der Waals surface area (Å²) in [6.07, 6.45) is 2.97. The molecule has 0 N–H and O–H groups in total. The lowest BCUT2D eigenvalue weighted by atomic mass is 9.96. The lowest BCUT2D eigenvalue weighted by Crippen LogP contribution is -2.15. The molecule has 4 heteroatoms. The van der Waals surface area contributed by atoms with E-state index < -0.39 is 0 Å². The summed E-state index contributed by atoms with van der Waals surface area (Å²) in [5, 5.41) is 11.5. The van der Waals surface area contributed by atoms with Crippen molar-refractivity contribution in [1.82, 2.24) is 14.8 Å². The summed E-state index contributed by atoms with van der Waals surface area (Å²) in [7, 11) is 0. The fraction of sp³-hybridized carbons (Fsp3) is 0.321. The van der Waals surface area contributed by atoms with Gasteiger partial charge in [0.05, 0.1) is 0 Å². The van der Waals surface area contributed by atoms with E-state index in [1.165, 1.54) is 16.5 Å². The molecule has 1 aliphatic carbocycles. The molecule has 5 rings (SSSR count). The number of nitrogens with zero attached hydrogens (tertiary/aromatic N) is 3. The van der Waals surface area contributed by atoms with Gasteiger partial charge in [0.1, 0.15) is 17.4 Å². The average molecular weight is 424 g/mol. The molecule has 0 unspecified atom stereocenters. The molecule has 1 atom stereocenters. The van der Waals surface area contributed by atoms with Crippen LogP contribution in [0.5, 0.6) is 0 Å². The quantitative estimate of drug-likeness (QED) is 0.386. The summed E-state index contributed by atoms with van der Waals surface area (Å²) in [4.78, 5) is 13.0. The fourth-order valence-corrected chi connectivity index (χ4v) is 5.22. The summed E-state index contributed by atoms with van der Waals surface area (Å²) in [5.74, 6) is 2.65. The van der Waals surface area contributed by atoms with E-state index >= 15 is 0 Å². The van der Waals surface area contributed by atoms with Crippen molar-refractivity contribution in [2.45, 2.75) is 57.9 Å². The van der Waals surface area contributed by atoms with Gasteiger partial charge in [0.2, 0.25) is 0 Å². The second-order valence-electron chi connectivity index (χ2n) is 8.99. The number of rotatable bonds is 7. The Balaban J connectivity index is 1.31. The van der Waals surface area contributed by atoms with Gasteiger partial charge in [-0.25, -0.2) is 0 Å². The lowest BCUT2D eigenvalue weighted by Gasteiger charge is -2.15. The van der Waals surface area contributed by atoms with Gasteiger partial charge >= 0.3 is 0 Å². The highest BCUT2D eigenvalue weighted by Crippen LogP contribution is 2.34. The van der Waals surface area contributed by atoms with Crippen molar-refractivity contribution in [2.24, 2.45) is 0 Å². The van der Waals surface area contributed by atoms with Crippen LogP contribution in [0.4, 0.5) is 0 Å². The number of fused-ring (bicyclic) bond motifs is 2. The van der Waals surface area contributed by atoms with E-state index in [1.807, 2.05) is 18.2 Å². The van der Waals surface area contributed by atoms with E-state index in [1.54, 1.807) is 0 Å². The fourth-order valence-electron chi connectivity index (χ4n) is 5.22. The van der Waals surface area contributed by atoms with E-state index in [2.05, 4.69) is 77.1 Å². The molecule has 1 aliphatic rings. The Hall–Kier alpha value is -3.27. The van der Waals surface area contributed by atoms with Gasteiger partial charge in [-0.15, -0.1) is 10.2 Å². The van der Waals surface area contributed by atoms with Gasteiger partial charge in [0, 0.05) is 31.2 Å². The molecular weight excluding hydrogens is 394 g/mol. The second-order valence-corrected chi connectivity index (χ2v) is 8.99. The first-order chi connectivity index (χ1) is 15.6. The number of Topliss-reactive ketones (excluding diaryl/α,β-unsaturated/α-hetero) is 1. The Morgan fingerprint density at radius 3 is 2.41 bits per heavy atom. The number of hydrogen-bond acceptors (Lipinski definition) is 3. The molecule has 162 valence electrons. The molecule has 3 aromatic carbocycles. The maximum absolute atomic E-state index is 13.0. The van der Waals surface area contributed by atoms with E-state index in [4.69, 9.17) is 0 Å². The second kappa shape index (κ2) is 8.70. The van der Waals surface area contributed by atoms with Crippen LogP contribution in [-0.2, 0) is 30.6 Å². The van der Waals surface area contributed by atoms with Gasteiger partial charge < -0.3 is 4.57 Å². The van der Waals surface area contributed by atoms with E-state index in [0.717, 1.165) is 42.0 Å². The normalized spacial score (nSPS) is 14.6. The molecule has 0 saturated carbocycles. The third kappa shape index (κ3) is 3.86. The molecular formula is C28H29N3O. The molecule has 0 spiro atoms. The first-order valence-electron chi connectivity index (χ1n) is 11.6. The standard InChI is InChI=1S/C28H29N3O/c1-3-31-27(29-30-28(31)24-16-21-10-4-5-11-22(21)17-24)19(2)15-25(32)18-23-13-8-12-20-9-6-7-14-26(20)23/h4-14,19,24H,3,15-18H2,1-2H3/t19-/m1/s1. The van der Waals surface area contributed by atoms with Gasteiger partial charge in [0.15, 0.2) is 0 Å². The predicted molar refractivity (Wildman–Crippen MR) is 128 cm³/mol. The SMILES string of the molecule is CCn1c(C2Cc3ccccc3C2)nnc1[C@H](C)CC(=O)Cc1cccc2ccccc12. The lowest BCUT2D eigenvalue weighted by molar-refractivity contribution is -0.118. The topological polar surface area (TPSA) is 47.8 Å². The van der Waals surface area contributed by atoms with E-state index in [-0.39, 0.29) is 11.7 Å². The minimum absolute atomic E-state index is 0.0439. The molecule has 0 bridgehead atoms. The molecule has 0 saturated heterocycles. The van der Waals surface area contributed by atoms with E-state index in [9.17, 15) is 4.79 Å². The number of aromatic nitrogens is 3. The predicted octanol–water partition coefficient (Wildman–Crippen LogP) is 5.64. The van der Waals surface area contributed by atoms with Gasteiger partial charge in [0.25, 0.3) is 0 Å². The monoisotopic (exact) mass is 423 g/mol. The molecule has 32 heavy (non-hydrogen) atoms. The molecule has 4 nitrogen and oxygen atoms in total. The summed E-state index contributed by atoms with van der Waals surface area (Å²) in [5.41, 5.74) is 3.94. The van der Waals surface area contributed by atoms with Crippen molar-refractivity contribution in [2.75, 3.05) is 0 Å². The van der Waals surface area contributed by atoms with Crippen LogP contribution in [0.2, 0.25) is 0 Å². The van der Waals surface area contributed by atoms with Gasteiger partial charge in [-0.05, 0) is 47.2 Å². The highest BCUT2D eigenvalue weighted by molar-refractivity contribution is 5.91. The Kier molecular flexibility index (Phi) is 5.60. The van der Waals surface area contributed by atoms with Crippen LogP contribution in [-0.4, -0.2) is 20.5 Å². The highest BCUT2D eigenvalue weighted by atomic mass is 16.1. The van der Waals surface area contributed by atoms with Crippen molar-refractivity contribution in [1.29, 1.82) is 0 Å². The number of ketones is 1. The van der Waals surface area contributed by atoms with Gasteiger partial charge in [-0.1, -0.05) is 73.7 Å². The Labute approximate surface area is 189 Å². The third-order valence-corrected chi connectivity index (χ3v) is 6.78. The van der Waals surface area contributed by atoms with Crippen molar-refractivity contribution in [3.05, 3.63) is 95.1 Å². The molecule has 1 heterocycles. The average Bonchev–Trinajstić information content (AvgIpc) is 3.43. The Morgan fingerprint density at radius 2 is 1.66 bits per heavy atom.